The number of rotatable bonds is 4. The van der Waals surface area contributed by atoms with Gasteiger partial charge in [0, 0.05) is 42.7 Å². The summed E-state index contributed by atoms with van der Waals surface area (Å²) < 4.78 is 25.9. The summed E-state index contributed by atoms with van der Waals surface area (Å²) in [6, 6.07) is 8.09. The first-order chi connectivity index (χ1) is 10.5. The molecule has 0 saturated carbocycles. The molecule has 5 nitrogen and oxygen atoms in total. The van der Waals surface area contributed by atoms with Gasteiger partial charge in [-0.15, -0.1) is 0 Å². The van der Waals surface area contributed by atoms with Gasteiger partial charge in [0.05, 0.1) is 5.52 Å². The van der Waals surface area contributed by atoms with E-state index in [0.29, 0.717) is 16.5 Å². The van der Waals surface area contributed by atoms with Gasteiger partial charge >= 0.3 is 5.16 Å². The van der Waals surface area contributed by atoms with Gasteiger partial charge in [-0.05, 0) is 30.3 Å². The van der Waals surface area contributed by atoms with Crippen molar-refractivity contribution >= 4 is 28.0 Å². The molecule has 0 aliphatic carbocycles. The van der Waals surface area contributed by atoms with Gasteiger partial charge in [-0.25, -0.2) is 9.37 Å². The highest BCUT2D eigenvalue weighted by molar-refractivity contribution is 7.90. The molecule has 1 N–H and O–H groups in total. The lowest BCUT2D eigenvalue weighted by molar-refractivity contribution is 0.587. The van der Waals surface area contributed by atoms with Crippen molar-refractivity contribution in [3.63, 3.8) is 0 Å². The lowest BCUT2D eigenvalue weighted by atomic mass is 10.2. The van der Waals surface area contributed by atoms with E-state index in [4.69, 9.17) is 0 Å². The maximum absolute atomic E-state index is 13.4. The van der Waals surface area contributed by atoms with Gasteiger partial charge in [0.2, 0.25) is 0 Å². The Bertz CT molecular complexity index is 772. The number of benzene rings is 1. The number of nitrogens with one attached hydrogen (secondary N) is 1. The van der Waals surface area contributed by atoms with E-state index in [0.717, 1.165) is 11.1 Å². The Hall–Kier alpha value is -2.12. The molecule has 3 aromatic rings. The Balaban J connectivity index is 1.89. The van der Waals surface area contributed by atoms with E-state index in [1.165, 1.54) is 12.1 Å². The Morgan fingerprint density at radius 1 is 1.32 bits per heavy atom. The number of anilines is 1. The first kappa shape index (κ1) is 14.8. The number of H-pyrrole nitrogens is 1. The summed E-state index contributed by atoms with van der Waals surface area (Å²) in [5, 5.41) is 0.378. The maximum atomic E-state index is 13.4. The molecule has 7 heteroatoms. The first-order valence-corrected chi connectivity index (χ1v) is 8.01. The zero-order valence-electron chi connectivity index (χ0n) is 12.2. The summed E-state index contributed by atoms with van der Waals surface area (Å²) in [5.41, 5.74) is 2.80. The number of hydrogen-bond donors (Lipinski definition) is 1. The van der Waals surface area contributed by atoms with E-state index in [1.807, 2.05) is 20.2 Å². The van der Waals surface area contributed by atoms with Crippen LogP contribution in [0.1, 0.15) is 5.56 Å². The molecular weight excluding hydrogens is 303 g/mol. The predicted molar refractivity (Wildman–Crippen MR) is 84.7 cm³/mol. The molecule has 1 atom stereocenters. The van der Waals surface area contributed by atoms with Gasteiger partial charge < -0.3 is 9.45 Å². The SMILES string of the molecule is CN(C)c1cc(F)ccc1C[S+]([O-])c1nc2ncccc2[nH]1. The number of imidazole rings is 1. The molecular formula is C15H15FN4OS. The summed E-state index contributed by atoms with van der Waals surface area (Å²) in [6.45, 7) is 0. The largest absolute Gasteiger partial charge is 0.609 e. The van der Waals surface area contributed by atoms with Crippen LogP contribution in [0, 0.1) is 5.82 Å². The lowest BCUT2D eigenvalue weighted by Crippen LogP contribution is -2.14. The Labute approximate surface area is 130 Å². The number of aromatic nitrogens is 3. The van der Waals surface area contributed by atoms with Crippen molar-refractivity contribution in [2.45, 2.75) is 10.9 Å². The zero-order chi connectivity index (χ0) is 15.7. The second-order valence-corrected chi connectivity index (χ2v) is 6.44. The monoisotopic (exact) mass is 318 g/mol. The van der Waals surface area contributed by atoms with E-state index < -0.39 is 11.2 Å². The van der Waals surface area contributed by atoms with Crippen LogP contribution in [0.4, 0.5) is 10.1 Å². The van der Waals surface area contributed by atoms with Crippen molar-refractivity contribution in [3.8, 4) is 0 Å². The Kier molecular flexibility index (Phi) is 4.00. The molecule has 3 rings (SSSR count). The fraction of sp³-hybridized carbons (Fsp3) is 0.200. The Morgan fingerprint density at radius 2 is 2.14 bits per heavy atom. The molecule has 0 saturated heterocycles. The van der Waals surface area contributed by atoms with Gasteiger partial charge in [0.25, 0.3) is 0 Å². The fourth-order valence-electron chi connectivity index (χ4n) is 2.22. The number of halogens is 1. The van der Waals surface area contributed by atoms with Crippen LogP contribution in [0.5, 0.6) is 0 Å². The normalized spacial score (nSPS) is 12.5. The van der Waals surface area contributed by atoms with Gasteiger partial charge in [0.15, 0.2) is 5.65 Å². The molecule has 0 spiro atoms. The predicted octanol–water partition coefficient (Wildman–Crippen LogP) is 2.47. The van der Waals surface area contributed by atoms with E-state index in [2.05, 4.69) is 15.0 Å². The zero-order valence-corrected chi connectivity index (χ0v) is 13.0. The van der Waals surface area contributed by atoms with Crippen molar-refractivity contribution in [2.75, 3.05) is 19.0 Å². The molecule has 2 aromatic heterocycles. The molecule has 22 heavy (non-hydrogen) atoms. The summed E-state index contributed by atoms with van der Waals surface area (Å²) >= 11 is -1.36. The quantitative estimate of drug-likeness (QED) is 0.750. The first-order valence-electron chi connectivity index (χ1n) is 6.69. The van der Waals surface area contributed by atoms with Crippen LogP contribution in [0.2, 0.25) is 0 Å². The summed E-state index contributed by atoms with van der Waals surface area (Å²) in [4.78, 5) is 13.2. The van der Waals surface area contributed by atoms with Crippen LogP contribution in [0.25, 0.3) is 11.2 Å². The smallest absolute Gasteiger partial charge is 0.323 e. The molecule has 0 radical (unpaired) electrons. The molecule has 0 bridgehead atoms. The lowest BCUT2D eigenvalue weighted by Gasteiger charge is -2.17. The third-order valence-corrected chi connectivity index (χ3v) is 4.46. The van der Waals surface area contributed by atoms with Gasteiger partial charge in [0.1, 0.15) is 11.6 Å². The highest BCUT2D eigenvalue weighted by Crippen LogP contribution is 2.24. The highest BCUT2D eigenvalue weighted by atomic mass is 32.2. The van der Waals surface area contributed by atoms with E-state index in [9.17, 15) is 8.94 Å². The Morgan fingerprint density at radius 3 is 2.86 bits per heavy atom. The van der Waals surface area contributed by atoms with Crippen molar-refractivity contribution in [1.82, 2.24) is 15.0 Å². The summed E-state index contributed by atoms with van der Waals surface area (Å²) in [6.07, 6.45) is 1.64. The summed E-state index contributed by atoms with van der Waals surface area (Å²) in [5.74, 6) is -0.0562. The van der Waals surface area contributed by atoms with Gasteiger partial charge in [-0.2, -0.15) is 4.98 Å². The number of aromatic amines is 1. The van der Waals surface area contributed by atoms with Crippen molar-refractivity contribution in [1.29, 1.82) is 0 Å². The number of nitrogens with zero attached hydrogens (tertiary/aromatic N) is 3. The van der Waals surface area contributed by atoms with Gasteiger partial charge in [-0.3, -0.25) is 4.98 Å². The van der Waals surface area contributed by atoms with Crippen LogP contribution >= 0.6 is 0 Å². The molecule has 0 aliphatic heterocycles. The molecule has 0 amide bonds. The molecule has 2 heterocycles. The highest BCUT2D eigenvalue weighted by Gasteiger charge is 2.20. The van der Waals surface area contributed by atoms with Crippen molar-refractivity contribution in [3.05, 3.63) is 47.9 Å². The number of fused-ring (bicyclic) bond motifs is 1. The van der Waals surface area contributed by atoms with Crippen LogP contribution < -0.4 is 4.90 Å². The van der Waals surface area contributed by atoms with Crippen LogP contribution in [0.3, 0.4) is 0 Å². The second kappa shape index (κ2) is 5.94. The minimum absolute atomic E-state index is 0.258. The van der Waals surface area contributed by atoms with E-state index in [-0.39, 0.29) is 11.6 Å². The van der Waals surface area contributed by atoms with Crippen LogP contribution in [-0.2, 0) is 16.9 Å². The molecule has 0 aliphatic rings. The molecule has 1 unspecified atom stereocenters. The molecule has 114 valence electrons. The minimum Gasteiger partial charge on any atom is -0.609 e. The standard InChI is InChI=1S/C15H15FN4OS/c1-20(2)13-8-11(16)6-5-10(13)9-22(21)15-18-12-4-3-7-17-14(12)19-15/h3-8H,9H2,1-2H3,(H,17,18,19). The maximum Gasteiger partial charge on any atom is 0.323 e. The van der Waals surface area contributed by atoms with E-state index in [1.54, 1.807) is 23.2 Å². The summed E-state index contributed by atoms with van der Waals surface area (Å²) in [7, 11) is 3.65. The second-order valence-electron chi connectivity index (χ2n) is 5.07. The topological polar surface area (TPSA) is 67.9 Å². The third kappa shape index (κ3) is 2.90. The van der Waals surface area contributed by atoms with Crippen LogP contribution in [-0.4, -0.2) is 33.6 Å². The third-order valence-electron chi connectivity index (χ3n) is 3.27. The molecule has 0 fully saturated rings. The van der Waals surface area contributed by atoms with Crippen LogP contribution in [0.15, 0.2) is 41.7 Å². The van der Waals surface area contributed by atoms with E-state index >= 15 is 0 Å². The number of pyridine rings is 1. The number of hydrogen-bond acceptors (Lipinski definition) is 4. The average molecular weight is 318 g/mol. The average Bonchev–Trinajstić information content (AvgIpc) is 2.93. The molecule has 1 aromatic carbocycles. The van der Waals surface area contributed by atoms with Crippen molar-refractivity contribution in [2.24, 2.45) is 0 Å². The van der Waals surface area contributed by atoms with Gasteiger partial charge in [-0.1, -0.05) is 0 Å². The van der Waals surface area contributed by atoms with Crippen molar-refractivity contribution < 1.29 is 8.94 Å². The minimum atomic E-state index is -1.36. The fourth-order valence-corrected chi connectivity index (χ4v) is 3.29.